The molecule has 4 rings (SSSR count). The van der Waals surface area contributed by atoms with Gasteiger partial charge in [-0.3, -0.25) is 4.79 Å². The normalized spacial score (nSPS) is 55.9. The number of hydrogen-bond donors (Lipinski definition) is 0. The van der Waals surface area contributed by atoms with Gasteiger partial charge in [0.25, 0.3) is 0 Å². The van der Waals surface area contributed by atoms with E-state index < -0.39 is 0 Å². The van der Waals surface area contributed by atoms with Crippen molar-refractivity contribution >= 4 is 21.7 Å². The highest BCUT2D eigenvalue weighted by molar-refractivity contribution is 9.10. The van der Waals surface area contributed by atoms with Crippen LogP contribution in [0, 0.1) is 34.5 Å². The van der Waals surface area contributed by atoms with Crippen molar-refractivity contribution in [2.75, 3.05) is 7.11 Å². The highest BCUT2D eigenvalue weighted by atomic mass is 79.9. The van der Waals surface area contributed by atoms with Gasteiger partial charge in [-0.1, -0.05) is 29.8 Å². The van der Waals surface area contributed by atoms with Crippen LogP contribution in [0.4, 0.5) is 0 Å². The molecule has 0 saturated heterocycles. The van der Waals surface area contributed by atoms with Crippen molar-refractivity contribution in [3.63, 3.8) is 0 Å². The summed E-state index contributed by atoms with van der Waals surface area (Å²) >= 11 is 3.69. The van der Waals surface area contributed by atoms with Gasteiger partial charge in [-0.15, -0.1) is 0 Å². The number of halogens is 1. The summed E-state index contributed by atoms with van der Waals surface area (Å²) < 4.78 is 5.87. The molecular formula is C20H31BrO2. The zero-order valence-corrected chi connectivity index (χ0v) is 16.4. The van der Waals surface area contributed by atoms with Crippen LogP contribution in [0.15, 0.2) is 0 Å². The van der Waals surface area contributed by atoms with Gasteiger partial charge in [0.2, 0.25) is 0 Å². The predicted octanol–water partition coefficient (Wildman–Crippen LogP) is 4.99. The lowest BCUT2D eigenvalue weighted by Crippen LogP contribution is -2.55. The van der Waals surface area contributed by atoms with Gasteiger partial charge in [0, 0.05) is 13.5 Å². The SMILES string of the molecule is COC1CC[C@H]2[C@@H]3CCC4CC(=O)C(Br)C[C@]4(C)[C@@H]3CC[C@]12C. The van der Waals surface area contributed by atoms with Crippen LogP contribution in [0.25, 0.3) is 0 Å². The van der Waals surface area contributed by atoms with E-state index in [0.29, 0.717) is 28.6 Å². The van der Waals surface area contributed by atoms with Crippen LogP contribution >= 0.6 is 15.9 Å². The molecule has 0 bridgehead atoms. The molecule has 3 unspecified atom stereocenters. The second kappa shape index (κ2) is 5.56. The van der Waals surface area contributed by atoms with Gasteiger partial charge in [0.05, 0.1) is 10.9 Å². The molecule has 0 radical (unpaired) electrons. The average Bonchev–Trinajstić information content (AvgIpc) is 2.85. The van der Waals surface area contributed by atoms with Gasteiger partial charge in [0.15, 0.2) is 0 Å². The Morgan fingerprint density at radius 1 is 1.04 bits per heavy atom. The number of ether oxygens (including phenoxy) is 1. The van der Waals surface area contributed by atoms with Gasteiger partial charge >= 0.3 is 0 Å². The lowest BCUT2D eigenvalue weighted by Gasteiger charge is -2.60. The van der Waals surface area contributed by atoms with Crippen LogP contribution in [0.1, 0.15) is 65.2 Å². The topological polar surface area (TPSA) is 26.3 Å². The minimum absolute atomic E-state index is 0.103. The molecule has 4 aliphatic rings. The Hall–Kier alpha value is 0.110. The first-order valence-corrected chi connectivity index (χ1v) is 10.5. The maximum Gasteiger partial charge on any atom is 0.146 e. The molecule has 130 valence electrons. The van der Waals surface area contributed by atoms with Crippen molar-refractivity contribution in [2.45, 2.75) is 76.1 Å². The second-order valence-electron chi connectivity index (χ2n) is 9.35. The average molecular weight is 383 g/mol. The summed E-state index contributed by atoms with van der Waals surface area (Å²) in [4.78, 5) is 12.3. The summed E-state index contributed by atoms with van der Waals surface area (Å²) in [5.74, 6) is 3.61. The van der Waals surface area contributed by atoms with E-state index in [1.807, 2.05) is 7.11 Å². The standard InChI is InChI=1S/C20H31BrO2/c1-19-9-8-15-13(14(19)6-7-18(19)23-3)5-4-12-10-17(22)16(21)11-20(12,15)2/h12-16,18H,4-11H2,1-3H3/t12?,13-,14-,15+,16?,18?,19-,20-/m0/s1. The summed E-state index contributed by atoms with van der Waals surface area (Å²) in [6.07, 6.45) is 10.2. The molecule has 0 aromatic carbocycles. The fourth-order valence-electron chi connectivity index (χ4n) is 7.40. The number of ketones is 1. The molecule has 4 aliphatic carbocycles. The summed E-state index contributed by atoms with van der Waals surface area (Å²) in [6, 6.07) is 0. The maximum absolute atomic E-state index is 12.2. The van der Waals surface area contributed by atoms with Crippen LogP contribution in [-0.4, -0.2) is 23.8 Å². The van der Waals surface area contributed by atoms with Gasteiger partial charge in [-0.05, 0) is 79.4 Å². The summed E-state index contributed by atoms with van der Waals surface area (Å²) in [6.45, 7) is 5.02. The Labute approximate surface area is 149 Å². The monoisotopic (exact) mass is 382 g/mol. The number of fused-ring (bicyclic) bond motifs is 5. The van der Waals surface area contributed by atoms with E-state index in [2.05, 4.69) is 29.8 Å². The van der Waals surface area contributed by atoms with Crippen molar-refractivity contribution < 1.29 is 9.53 Å². The quantitative estimate of drug-likeness (QED) is 0.597. The fourth-order valence-corrected chi connectivity index (χ4v) is 8.28. The fraction of sp³-hybridized carbons (Fsp3) is 0.950. The Kier molecular flexibility index (Phi) is 4.00. The number of carbonyl (C=O) groups is 1. The van der Waals surface area contributed by atoms with E-state index in [0.717, 1.165) is 30.6 Å². The lowest BCUT2D eigenvalue weighted by atomic mass is 9.45. The number of alkyl halides is 1. The van der Waals surface area contributed by atoms with Gasteiger partial charge in [0.1, 0.15) is 5.78 Å². The molecule has 0 spiro atoms. The van der Waals surface area contributed by atoms with Crippen molar-refractivity contribution in [3.8, 4) is 0 Å². The van der Waals surface area contributed by atoms with Gasteiger partial charge < -0.3 is 4.74 Å². The van der Waals surface area contributed by atoms with Gasteiger partial charge in [-0.2, -0.15) is 0 Å². The molecule has 4 saturated carbocycles. The van der Waals surface area contributed by atoms with E-state index in [9.17, 15) is 4.79 Å². The Bertz CT molecular complexity index is 506. The Morgan fingerprint density at radius 2 is 1.78 bits per heavy atom. The smallest absolute Gasteiger partial charge is 0.146 e. The van der Waals surface area contributed by atoms with E-state index in [1.54, 1.807) is 0 Å². The summed E-state index contributed by atoms with van der Waals surface area (Å²) in [7, 11) is 1.91. The number of rotatable bonds is 1. The van der Waals surface area contributed by atoms with Crippen LogP contribution < -0.4 is 0 Å². The number of carbonyl (C=O) groups excluding carboxylic acids is 1. The van der Waals surface area contributed by atoms with Crippen molar-refractivity contribution in [1.82, 2.24) is 0 Å². The van der Waals surface area contributed by atoms with Crippen molar-refractivity contribution in [2.24, 2.45) is 34.5 Å². The largest absolute Gasteiger partial charge is 0.381 e. The molecule has 3 heteroatoms. The van der Waals surface area contributed by atoms with Crippen molar-refractivity contribution in [3.05, 3.63) is 0 Å². The Balaban J connectivity index is 1.63. The first-order chi connectivity index (χ1) is 10.9. The first kappa shape index (κ1) is 16.6. The van der Waals surface area contributed by atoms with E-state index >= 15 is 0 Å². The molecule has 0 aromatic rings. The van der Waals surface area contributed by atoms with E-state index in [1.165, 1.54) is 38.5 Å². The van der Waals surface area contributed by atoms with Crippen molar-refractivity contribution in [1.29, 1.82) is 0 Å². The summed E-state index contributed by atoms with van der Waals surface area (Å²) in [5.41, 5.74) is 0.773. The number of Topliss-reactive ketones (excluding diaryl/α,β-unsaturated/α-hetero) is 1. The van der Waals surface area contributed by atoms with E-state index in [-0.39, 0.29) is 4.83 Å². The zero-order chi connectivity index (χ0) is 16.4. The minimum Gasteiger partial charge on any atom is -0.381 e. The highest BCUT2D eigenvalue weighted by Gasteiger charge is 2.61. The summed E-state index contributed by atoms with van der Waals surface area (Å²) in [5, 5.41) is 0. The van der Waals surface area contributed by atoms with Crippen LogP contribution in [0.3, 0.4) is 0 Å². The predicted molar refractivity (Wildman–Crippen MR) is 95.6 cm³/mol. The first-order valence-electron chi connectivity index (χ1n) is 9.59. The number of methoxy groups -OCH3 is 1. The second-order valence-corrected chi connectivity index (χ2v) is 10.5. The van der Waals surface area contributed by atoms with Crippen LogP contribution in [0.5, 0.6) is 0 Å². The van der Waals surface area contributed by atoms with E-state index in [4.69, 9.17) is 4.74 Å². The van der Waals surface area contributed by atoms with Crippen LogP contribution in [-0.2, 0) is 9.53 Å². The molecule has 8 atom stereocenters. The lowest BCUT2D eigenvalue weighted by molar-refractivity contribution is -0.142. The third-order valence-electron chi connectivity index (χ3n) is 8.68. The number of hydrogen-bond acceptors (Lipinski definition) is 2. The molecular weight excluding hydrogens is 352 g/mol. The maximum atomic E-state index is 12.2. The molecule has 0 heterocycles. The molecule has 0 aromatic heterocycles. The molecule has 0 amide bonds. The van der Waals surface area contributed by atoms with Gasteiger partial charge in [-0.25, -0.2) is 0 Å². The highest BCUT2D eigenvalue weighted by Crippen LogP contribution is 2.66. The third-order valence-corrected chi connectivity index (χ3v) is 9.51. The third kappa shape index (κ3) is 2.25. The minimum atomic E-state index is 0.103. The molecule has 2 nitrogen and oxygen atoms in total. The molecule has 23 heavy (non-hydrogen) atoms. The molecule has 0 aliphatic heterocycles. The van der Waals surface area contributed by atoms with Crippen LogP contribution in [0.2, 0.25) is 0 Å². The Morgan fingerprint density at radius 3 is 2.52 bits per heavy atom. The molecule has 4 fully saturated rings. The molecule has 0 N–H and O–H groups in total. The zero-order valence-electron chi connectivity index (χ0n) is 14.8.